The molecule has 1 fully saturated rings. The Hall–Kier alpha value is -1.14. The maximum Gasteiger partial charge on any atom is 1.00 e. The fourth-order valence-electron chi connectivity index (χ4n) is 4.39. The zero-order chi connectivity index (χ0) is 33.2. The van der Waals surface area contributed by atoms with E-state index in [2.05, 4.69) is 20.6 Å². The van der Waals surface area contributed by atoms with Crippen LogP contribution in [-0.4, -0.2) is 67.9 Å². The van der Waals surface area contributed by atoms with Crippen LogP contribution in [0.5, 0.6) is 0 Å². The molecule has 1 aliphatic rings. The van der Waals surface area contributed by atoms with E-state index in [1.54, 1.807) is 18.2 Å². The van der Waals surface area contributed by atoms with Gasteiger partial charge in [0.1, 0.15) is 43.2 Å². The van der Waals surface area contributed by atoms with Gasteiger partial charge in [0.2, 0.25) is 0 Å². The summed E-state index contributed by atoms with van der Waals surface area (Å²) >= 11 is 12.5. The molecule has 0 aliphatic carbocycles. The van der Waals surface area contributed by atoms with Crippen LogP contribution >= 0.6 is 23.2 Å². The molecule has 48 heavy (non-hydrogen) atoms. The number of halogens is 2. The van der Waals surface area contributed by atoms with Crippen LogP contribution in [0.4, 0.5) is 22.9 Å². The number of hydrogen-bond donors (Lipinski definition) is 1. The predicted molar refractivity (Wildman–Crippen MR) is 162 cm³/mol. The second kappa shape index (κ2) is 17.4. The van der Waals surface area contributed by atoms with Gasteiger partial charge in [-0.15, -0.1) is 10.2 Å². The first-order valence-corrected chi connectivity index (χ1v) is 16.5. The Labute approximate surface area is 370 Å². The number of nitrogens with zero attached hydrogens (tertiary/aromatic N) is 6. The van der Waals surface area contributed by atoms with Crippen LogP contribution in [0.2, 0.25) is 10.0 Å². The summed E-state index contributed by atoms with van der Waals surface area (Å²) in [5.74, 6) is -0.928. The van der Waals surface area contributed by atoms with Crippen LogP contribution in [0.15, 0.2) is 80.8 Å². The third-order valence-electron chi connectivity index (χ3n) is 6.60. The summed E-state index contributed by atoms with van der Waals surface area (Å²) in [5, 5.41) is 24.3. The molecule has 1 aliphatic heterocycles. The topological polar surface area (TPSA) is 222 Å². The van der Waals surface area contributed by atoms with Gasteiger partial charge in [-0.05, 0) is 48.5 Å². The van der Waals surface area contributed by atoms with Crippen LogP contribution in [0.1, 0.15) is 15.9 Å². The molecule has 0 atom stereocenters. The number of anilines is 2. The second-order valence-electron chi connectivity index (χ2n) is 9.53. The average molecular weight is 783 g/mol. The van der Waals surface area contributed by atoms with Gasteiger partial charge in [-0.25, -0.2) is 21.5 Å². The van der Waals surface area contributed by atoms with Crippen molar-refractivity contribution in [1.82, 2.24) is 9.78 Å². The number of rotatable bonds is 8. The molecule has 0 saturated carbocycles. The summed E-state index contributed by atoms with van der Waals surface area (Å²) in [6, 6.07) is 13.1. The van der Waals surface area contributed by atoms with E-state index >= 15 is 0 Å². The molecule has 1 aromatic heterocycles. The number of azo groups is 1. The van der Waals surface area contributed by atoms with Gasteiger partial charge in [0.15, 0.2) is 5.82 Å². The average Bonchev–Trinajstić information content (AvgIpc) is 3.42. The van der Waals surface area contributed by atoms with Crippen LogP contribution in [0.3, 0.4) is 0 Å². The number of morpholine rings is 1. The van der Waals surface area contributed by atoms with Crippen molar-refractivity contribution in [3.8, 4) is 11.8 Å². The first-order valence-electron chi connectivity index (χ1n) is 13.0. The van der Waals surface area contributed by atoms with Crippen molar-refractivity contribution in [3.63, 3.8) is 0 Å². The van der Waals surface area contributed by atoms with Crippen molar-refractivity contribution < 1.29 is 138 Å². The number of benzene rings is 3. The van der Waals surface area contributed by atoms with Crippen molar-refractivity contribution in [3.05, 3.63) is 82.0 Å². The molecule has 0 spiro atoms. The predicted octanol–water partition coefficient (Wildman–Crippen LogP) is -1.63. The molecule has 0 unspecified atom stereocenters. The number of amides is 1. The molecule has 2 heterocycles. The molecule has 5 rings (SSSR count). The monoisotopic (exact) mass is 781 g/mol. The Bertz CT molecular complexity index is 2130. The molecule has 1 N–H and O–H groups in total. The minimum atomic E-state index is -4.89. The fraction of sp³-hybridized carbons (Fsp3) is 0.148. The first kappa shape index (κ1) is 41.3. The van der Waals surface area contributed by atoms with Crippen LogP contribution in [-0.2, 0) is 25.0 Å². The summed E-state index contributed by atoms with van der Waals surface area (Å²) < 4.78 is 75.4. The van der Waals surface area contributed by atoms with Gasteiger partial charge in [0, 0.05) is 24.3 Å². The van der Waals surface area contributed by atoms with Gasteiger partial charge in [-0.1, -0.05) is 29.3 Å². The Kier molecular flexibility index (Phi) is 15.0. The smallest absolute Gasteiger partial charge is 0.744 e. The molecule has 1 saturated heterocycles. The van der Waals surface area contributed by atoms with E-state index < -0.39 is 35.9 Å². The molecular formula is C27H19Cl2K2N7O8S2. The Morgan fingerprint density at radius 3 is 2.19 bits per heavy atom. The standard InChI is InChI=1S/C27H21Cl2N7O8S2.2K/c28-21-12-20(46(41,42)43)13-22(29)25(21)36-26(17(14-30)15-31-36)34-33-23-5-4-18(35-6-8-44-9-7-35)11-24(23)32-27(37)16-2-1-3-19(10-16)45(38,39)40;;/h1-5,10-13,15H,6-9H2,(H,32,37)(H,38,39,40)(H,41,42,43);;/q;2*+1/p-2. The molecule has 3 aromatic carbocycles. The number of nitrogens with one attached hydrogen (secondary N) is 1. The number of carbonyl (C=O) groups excluding carboxylic acids is 1. The fourth-order valence-corrected chi connectivity index (χ4v) is 6.21. The van der Waals surface area contributed by atoms with Crippen LogP contribution < -0.4 is 113 Å². The maximum absolute atomic E-state index is 13.2. The summed E-state index contributed by atoms with van der Waals surface area (Å²) in [5.41, 5.74) is 0.647. The zero-order valence-corrected chi connectivity index (χ0v) is 34.5. The van der Waals surface area contributed by atoms with Crippen molar-refractivity contribution >= 4 is 72.2 Å². The van der Waals surface area contributed by atoms with Gasteiger partial charge >= 0.3 is 103 Å². The molecule has 15 nitrogen and oxygen atoms in total. The van der Waals surface area contributed by atoms with Crippen molar-refractivity contribution in [1.29, 1.82) is 5.26 Å². The Morgan fingerprint density at radius 2 is 1.58 bits per heavy atom. The van der Waals surface area contributed by atoms with Gasteiger partial charge < -0.3 is 24.1 Å². The van der Waals surface area contributed by atoms with E-state index in [1.807, 2.05) is 11.0 Å². The molecule has 238 valence electrons. The molecule has 1 amide bonds. The summed E-state index contributed by atoms with van der Waals surface area (Å²) in [6.45, 7) is 2.09. The number of hydrogen-bond acceptors (Lipinski definition) is 13. The van der Waals surface area contributed by atoms with Gasteiger partial charge in [-0.2, -0.15) is 10.4 Å². The quantitative estimate of drug-likeness (QED) is 0.121. The molecule has 21 heteroatoms. The molecular weight excluding hydrogens is 764 g/mol. The maximum atomic E-state index is 13.2. The second-order valence-corrected chi connectivity index (χ2v) is 13.1. The van der Waals surface area contributed by atoms with E-state index in [-0.39, 0.29) is 147 Å². The van der Waals surface area contributed by atoms with Crippen molar-refractivity contribution in [2.45, 2.75) is 9.79 Å². The van der Waals surface area contributed by atoms with E-state index in [4.69, 9.17) is 27.9 Å². The molecule has 0 radical (unpaired) electrons. The van der Waals surface area contributed by atoms with Crippen LogP contribution in [0, 0.1) is 11.3 Å². The number of carbonyl (C=O) groups is 1. The summed E-state index contributed by atoms with van der Waals surface area (Å²) in [7, 11) is -9.72. The van der Waals surface area contributed by atoms with E-state index in [9.17, 15) is 36.0 Å². The van der Waals surface area contributed by atoms with E-state index in [0.717, 1.165) is 35.1 Å². The zero-order valence-electron chi connectivity index (χ0n) is 25.1. The normalized spacial score (nSPS) is 13.4. The third kappa shape index (κ3) is 9.80. The van der Waals surface area contributed by atoms with E-state index in [0.29, 0.717) is 32.0 Å². The number of ether oxygens (including phenoxy) is 1. The van der Waals surface area contributed by atoms with Gasteiger partial charge in [0.05, 0.1) is 44.9 Å². The largest absolute Gasteiger partial charge is 1.00 e. The first-order chi connectivity index (χ1) is 21.8. The van der Waals surface area contributed by atoms with Gasteiger partial charge in [-0.3, -0.25) is 4.79 Å². The minimum absolute atomic E-state index is 0. The summed E-state index contributed by atoms with van der Waals surface area (Å²) in [4.78, 5) is 14.0. The Morgan fingerprint density at radius 1 is 0.938 bits per heavy atom. The number of aromatic nitrogens is 2. The number of nitriles is 1. The SMILES string of the molecule is N#Cc1cnn(-c2c(Cl)cc(S(=O)(=O)[O-])cc2Cl)c1N=Nc1ccc(N2CCOCC2)cc1NC(=O)c1cccc(S(=O)(=O)[O-])c1.[K+].[K+]. The van der Waals surface area contributed by atoms with Gasteiger partial charge in [0.25, 0.3) is 5.91 Å². The van der Waals surface area contributed by atoms with E-state index in [1.165, 1.54) is 12.1 Å². The van der Waals surface area contributed by atoms with Crippen molar-refractivity contribution in [2.75, 3.05) is 36.5 Å². The molecule has 4 aromatic rings. The van der Waals surface area contributed by atoms with Crippen LogP contribution in [0.25, 0.3) is 5.69 Å². The minimum Gasteiger partial charge on any atom is -0.744 e. The molecule has 0 bridgehead atoms. The van der Waals surface area contributed by atoms with Crippen molar-refractivity contribution in [2.24, 2.45) is 10.2 Å². The Balaban J connectivity index is 0.00000312. The summed E-state index contributed by atoms with van der Waals surface area (Å²) in [6.07, 6.45) is 1.14. The third-order valence-corrected chi connectivity index (χ3v) is 8.82.